The minimum atomic E-state index is -0.356. The Hall–Kier alpha value is -2.89. The van der Waals surface area contributed by atoms with Crippen LogP contribution in [0.3, 0.4) is 0 Å². The number of aromatic amines is 1. The first-order chi connectivity index (χ1) is 11.3. The molecule has 118 valence electrons. The molecule has 1 aromatic carbocycles. The normalized spacial score (nSPS) is 12.2. The highest BCUT2D eigenvalue weighted by molar-refractivity contribution is 5.26. The summed E-state index contributed by atoms with van der Waals surface area (Å²) in [6.45, 7) is 0.550. The summed E-state index contributed by atoms with van der Waals surface area (Å²) in [5, 5.41) is 20.2. The molecule has 1 unspecified atom stereocenters. The smallest absolute Gasteiger partial charge is 0.292 e. The molecule has 0 bridgehead atoms. The standard InChI is InChI=1S/C17H18N4O2/c22-16-9-5-11-21(17(16)23)10-4-8-14(15-12-18-20-19-15)13-6-2-1-3-7-13/h1-3,5-7,9,11-12,14,22H,4,8,10H2,(H,18,19,20). The highest BCUT2D eigenvalue weighted by atomic mass is 16.3. The maximum Gasteiger partial charge on any atom is 0.292 e. The lowest BCUT2D eigenvalue weighted by Gasteiger charge is -2.15. The first-order valence-corrected chi connectivity index (χ1v) is 7.55. The Kier molecular flexibility index (Phi) is 4.52. The molecule has 2 N–H and O–H groups in total. The third-order valence-electron chi connectivity index (χ3n) is 3.88. The molecule has 3 aromatic rings. The van der Waals surface area contributed by atoms with Gasteiger partial charge in [0.05, 0.1) is 11.9 Å². The number of benzene rings is 1. The summed E-state index contributed by atoms with van der Waals surface area (Å²) in [5.41, 5.74) is 1.70. The molecule has 0 saturated carbocycles. The molecule has 2 aromatic heterocycles. The first kappa shape index (κ1) is 15.0. The Balaban J connectivity index is 1.73. The van der Waals surface area contributed by atoms with Crippen molar-refractivity contribution in [3.05, 3.63) is 76.5 Å². The molecular formula is C17H18N4O2. The molecule has 0 aliphatic rings. The lowest BCUT2D eigenvalue weighted by molar-refractivity contribution is 0.452. The van der Waals surface area contributed by atoms with E-state index in [1.807, 2.05) is 18.2 Å². The number of hydrogen-bond acceptors (Lipinski definition) is 4. The van der Waals surface area contributed by atoms with E-state index < -0.39 is 0 Å². The van der Waals surface area contributed by atoms with Crippen LogP contribution in [-0.2, 0) is 6.54 Å². The monoisotopic (exact) mass is 310 g/mol. The van der Waals surface area contributed by atoms with Crippen LogP contribution in [-0.4, -0.2) is 25.1 Å². The zero-order chi connectivity index (χ0) is 16.1. The number of nitrogens with zero attached hydrogens (tertiary/aromatic N) is 3. The molecule has 6 heteroatoms. The highest BCUT2D eigenvalue weighted by Gasteiger charge is 2.16. The van der Waals surface area contributed by atoms with Crippen molar-refractivity contribution in [2.45, 2.75) is 25.3 Å². The fraction of sp³-hybridized carbons (Fsp3) is 0.235. The van der Waals surface area contributed by atoms with E-state index in [1.54, 1.807) is 18.5 Å². The van der Waals surface area contributed by atoms with Crippen LogP contribution in [0.15, 0.2) is 59.7 Å². The molecular weight excluding hydrogens is 292 g/mol. The number of nitrogens with one attached hydrogen (secondary N) is 1. The number of rotatable bonds is 6. The Morgan fingerprint density at radius 1 is 1.17 bits per heavy atom. The average molecular weight is 310 g/mol. The molecule has 0 spiro atoms. The minimum Gasteiger partial charge on any atom is -0.503 e. The fourth-order valence-electron chi connectivity index (χ4n) is 2.72. The molecule has 0 saturated heterocycles. The van der Waals surface area contributed by atoms with E-state index in [1.165, 1.54) is 16.2 Å². The van der Waals surface area contributed by atoms with Crippen molar-refractivity contribution < 1.29 is 5.11 Å². The predicted molar refractivity (Wildman–Crippen MR) is 86.3 cm³/mol. The molecule has 0 amide bonds. The summed E-state index contributed by atoms with van der Waals surface area (Å²) in [5.74, 6) is -0.0911. The molecule has 0 radical (unpaired) electrons. The summed E-state index contributed by atoms with van der Waals surface area (Å²) >= 11 is 0. The molecule has 0 aliphatic heterocycles. The van der Waals surface area contributed by atoms with E-state index >= 15 is 0 Å². The van der Waals surface area contributed by atoms with Crippen molar-refractivity contribution >= 4 is 0 Å². The first-order valence-electron chi connectivity index (χ1n) is 7.55. The molecule has 23 heavy (non-hydrogen) atoms. The van der Waals surface area contributed by atoms with Gasteiger partial charge in [0.25, 0.3) is 5.56 Å². The minimum absolute atomic E-state index is 0.128. The van der Waals surface area contributed by atoms with Gasteiger partial charge in [0, 0.05) is 18.7 Å². The molecule has 0 fully saturated rings. The van der Waals surface area contributed by atoms with Gasteiger partial charge in [0.1, 0.15) is 0 Å². The van der Waals surface area contributed by atoms with Crippen LogP contribution in [0.1, 0.15) is 30.0 Å². The van der Waals surface area contributed by atoms with E-state index in [0.29, 0.717) is 6.54 Å². The van der Waals surface area contributed by atoms with Crippen molar-refractivity contribution in [3.63, 3.8) is 0 Å². The van der Waals surface area contributed by atoms with Crippen molar-refractivity contribution in [2.24, 2.45) is 0 Å². The lowest BCUT2D eigenvalue weighted by Crippen LogP contribution is -2.19. The number of aromatic nitrogens is 4. The highest BCUT2D eigenvalue weighted by Crippen LogP contribution is 2.27. The maximum absolute atomic E-state index is 11.8. The van der Waals surface area contributed by atoms with Crippen LogP contribution in [0, 0.1) is 0 Å². The van der Waals surface area contributed by atoms with Crippen LogP contribution in [0.5, 0.6) is 5.75 Å². The van der Waals surface area contributed by atoms with Crippen LogP contribution in [0.2, 0.25) is 0 Å². The van der Waals surface area contributed by atoms with Crippen LogP contribution in [0.25, 0.3) is 0 Å². The van der Waals surface area contributed by atoms with Gasteiger partial charge in [-0.3, -0.25) is 4.79 Å². The summed E-state index contributed by atoms with van der Waals surface area (Å²) in [6, 6.07) is 13.2. The van der Waals surface area contributed by atoms with Gasteiger partial charge in [-0.1, -0.05) is 30.3 Å². The number of hydrogen-bond donors (Lipinski definition) is 2. The number of aryl methyl sites for hydroxylation is 1. The van der Waals surface area contributed by atoms with Gasteiger partial charge >= 0.3 is 0 Å². The number of pyridine rings is 1. The summed E-state index contributed by atoms with van der Waals surface area (Å²) in [4.78, 5) is 11.8. The van der Waals surface area contributed by atoms with Gasteiger partial charge in [0.2, 0.25) is 0 Å². The van der Waals surface area contributed by atoms with Crippen LogP contribution >= 0.6 is 0 Å². The van der Waals surface area contributed by atoms with Gasteiger partial charge in [-0.15, -0.1) is 0 Å². The van der Waals surface area contributed by atoms with Crippen LogP contribution < -0.4 is 5.56 Å². The lowest BCUT2D eigenvalue weighted by atomic mass is 9.91. The van der Waals surface area contributed by atoms with Crippen LogP contribution in [0.4, 0.5) is 0 Å². The van der Waals surface area contributed by atoms with Crippen molar-refractivity contribution in [3.8, 4) is 5.75 Å². The van der Waals surface area contributed by atoms with Crippen molar-refractivity contribution in [2.75, 3.05) is 0 Å². The second kappa shape index (κ2) is 6.91. The third kappa shape index (κ3) is 3.48. The summed E-state index contributed by atoms with van der Waals surface area (Å²) in [6.07, 6.45) is 5.04. The maximum atomic E-state index is 11.8. The SMILES string of the molecule is O=c1c(O)cccn1CCCC(c1ccccc1)c1cn[nH]n1. The topological polar surface area (TPSA) is 83.8 Å². The third-order valence-corrected chi connectivity index (χ3v) is 3.88. The Bertz CT molecular complexity index is 797. The van der Waals surface area contributed by atoms with Gasteiger partial charge in [-0.25, -0.2) is 0 Å². The quantitative estimate of drug-likeness (QED) is 0.731. The fourth-order valence-corrected chi connectivity index (χ4v) is 2.72. The zero-order valence-corrected chi connectivity index (χ0v) is 12.6. The second-order valence-corrected chi connectivity index (χ2v) is 5.39. The van der Waals surface area contributed by atoms with Crippen molar-refractivity contribution in [1.82, 2.24) is 20.0 Å². The van der Waals surface area contributed by atoms with Gasteiger partial charge in [0.15, 0.2) is 5.75 Å². The van der Waals surface area contributed by atoms with Gasteiger partial charge < -0.3 is 9.67 Å². The Morgan fingerprint density at radius 2 is 2.00 bits per heavy atom. The Labute approximate surface area is 133 Å². The van der Waals surface area contributed by atoms with E-state index in [9.17, 15) is 9.90 Å². The average Bonchev–Trinajstić information content (AvgIpc) is 3.10. The van der Waals surface area contributed by atoms with E-state index in [0.717, 1.165) is 18.5 Å². The van der Waals surface area contributed by atoms with Crippen molar-refractivity contribution in [1.29, 1.82) is 0 Å². The number of H-pyrrole nitrogens is 1. The zero-order valence-electron chi connectivity index (χ0n) is 12.6. The second-order valence-electron chi connectivity index (χ2n) is 5.39. The summed E-state index contributed by atoms with van der Waals surface area (Å²) < 4.78 is 1.53. The Morgan fingerprint density at radius 3 is 2.74 bits per heavy atom. The molecule has 0 aliphatic carbocycles. The molecule has 2 heterocycles. The summed E-state index contributed by atoms with van der Waals surface area (Å²) in [7, 11) is 0. The van der Waals surface area contributed by atoms with E-state index in [2.05, 4.69) is 27.5 Å². The van der Waals surface area contributed by atoms with E-state index in [-0.39, 0.29) is 17.2 Å². The van der Waals surface area contributed by atoms with Gasteiger partial charge in [-0.2, -0.15) is 15.4 Å². The van der Waals surface area contributed by atoms with E-state index in [4.69, 9.17) is 0 Å². The largest absolute Gasteiger partial charge is 0.503 e. The predicted octanol–water partition coefficient (Wildman–Crippen LogP) is 2.28. The molecule has 3 rings (SSSR count). The van der Waals surface area contributed by atoms with Gasteiger partial charge in [-0.05, 0) is 30.5 Å². The number of aromatic hydroxyl groups is 1. The molecule has 1 atom stereocenters. The molecule has 6 nitrogen and oxygen atoms in total.